The molecule has 0 unspecified atom stereocenters. The SMILES string of the molecule is Cc1nn(C)c(N2CCN(c3ncc(Cl)cc3[N+](=O)[O-])CC2)c1N. The fourth-order valence-electron chi connectivity index (χ4n) is 2.97. The van der Waals surface area contributed by atoms with Gasteiger partial charge in [0.2, 0.25) is 5.82 Å². The van der Waals surface area contributed by atoms with Gasteiger partial charge in [0.05, 0.1) is 21.3 Å². The minimum absolute atomic E-state index is 0.0770. The lowest BCUT2D eigenvalue weighted by atomic mass is 10.2. The van der Waals surface area contributed by atoms with Crippen molar-refractivity contribution >= 4 is 34.6 Å². The van der Waals surface area contributed by atoms with E-state index >= 15 is 0 Å². The zero-order valence-electron chi connectivity index (χ0n) is 13.4. The van der Waals surface area contributed by atoms with Gasteiger partial charge >= 0.3 is 5.69 Å². The smallest absolute Gasteiger partial charge is 0.313 e. The maximum absolute atomic E-state index is 11.2. The average Bonchev–Trinajstić information content (AvgIpc) is 2.80. The molecular weight excluding hydrogens is 334 g/mol. The maximum atomic E-state index is 11.2. The van der Waals surface area contributed by atoms with E-state index in [1.165, 1.54) is 12.3 Å². The molecular formula is C14H18ClN7O2. The first kappa shape index (κ1) is 16.3. The number of halogens is 1. The molecule has 0 aliphatic carbocycles. The number of pyridine rings is 1. The molecule has 0 radical (unpaired) electrons. The molecule has 24 heavy (non-hydrogen) atoms. The molecule has 2 aromatic heterocycles. The molecule has 0 amide bonds. The Balaban J connectivity index is 1.80. The molecule has 0 saturated carbocycles. The summed E-state index contributed by atoms with van der Waals surface area (Å²) in [4.78, 5) is 19.0. The van der Waals surface area contributed by atoms with Crippen LogP contribution in [0.3, 0.4) is 0 Å². The number of aryl methyl sites for hydroxylation is 2. The van der Waals surface area contributed by atoms with Crippen molar-refractivity contribution in [1.82, 2.24) is 14.8 Å². The van der Waals surface area contributed by atoms with Gasteiger partial charge in [0.25, 0.3) is 0 Å². The minimum Gasteiger partial charge on any atom is -0.394 e. The van der Waals surface area contributed by atoms with Gasteiger partial charge in [-0.2, -0.15) is 5.10 Å². The zero-order valence-corrected chi connectivity index (χ0v) is 14.2. The van der Waals surface area contributed by atoms with Gasteiger partial charge in [0.15, 0.2) is 5.82 Å². The topological polar surface area (TPSA) is 106 Å². The van der Waals surface area contributed by atoms with Crippen LogP contribution in [0.25, 0.3) is 0 Å². The van der Waals surface area contributed by atoms with Crippen LogP contribution in [0.15, 0.2) is 12.3 Å². The van der Waals surface area contributed by atoms with E-state index < -0.39 is 4.92 Å². The molecule has 3 rings (SSSR count). The summed E-state index contributed by atoms with van der Waals surface area (Å²) in [6.07, 6.45) is 1.43. The molecule has 10 heteroatoms. The van der Waals surface area contributed by atoms with Crippen molar-refractivity contribution in [2.24, 2.45) is 7.05 Å². The number of aromatic nitrogens is 3. The molecule has 0 bridgehead atoms. The number of nitrogen functional groups attached to an aromatic ring is 1. The number of nitrogens with zero attached hydrogens (tertiary/aromatic N) is 6. The van der Waals surface area contributed by atoms with Crippen LogP contribution in [0.5, 0.6) is 0 Å². The van der Waals surface area contributed by atoms with E-state index in [1.807, 2.05) is 18.9 Å². The van der Waals surface area contributed by atoms with Crippen LogP contribution in [0.1, 0.15) is 5.69 Å². The molecule has 0 aromatic carbocycles. The lowest BCUT2D eigenvalue weighted by Gasteiger charge is -2.36. The normalized spacial score (nSPS) is 15.0. The quantitative estimate of drug-likeness (QED) is 0.661. The Morgan fingerprint density at radius 3 is 2.46 bits per heavy atom. The molecule has 128 valence electrons. The zero-order chi connectivity index (χ0) is 17.4. The van der Waals surface area contributed by atoms with Crippen LogP contribution in [0.2, 0.25) is 5.02 Å². The van der Waals surface area contributed by atoms with E-state index in [4.69, 9.17) is 17.3 Å². The van der Waals surface area contributed by atoms with Crippen LogP contribution in [0, 0.1) is 17.0 Å². The number of anilines is 3. The lowest BCUT2D eigenvalue weighted by molar-refractivity contribution is -0.384. The van der Waals surface area contributed by atoms with Crippen LogP contribution < -0.4 is 15.5 Å². The lowest BCUT2D eigenvalue weighted by Crippen LogP contribution is -2.47. The van der Waals surface area contributed by atoms with Crippen molar-refractivity contribution in [2.75, 3.05) is 41.7 Å². The Bertz CT molecular complexity index is 784. The van der Waals surface area contributed by atoms with Gasteiger partial charge in [0.1, 0.15) is 0 Å². The van der Waals surface area contributed by atoms with Crippen molar-refractivity contribution < 1.29 is 4.92 Å². The molecule has 1 aliphatic heterocycles. The van der Waals surface area contributed by atoms with E-state index in [1.54, 1.807) is 4.68 Å². The number of nitrogens with two attached hydrogens (primary N) is 1. The third-order valence-electron chi connectivity index (χ3n) is 4.13. The first-order chi connectivity index (χ1) is 11.4. The summed E-state index contributed by atoms with van der Waals surface area (Å²) in [5, 5.41) is 15.8. The van der Waals surface area contributed by atoms with E-state index in [9.17, 15) is 10.1 Å². The predicted octanol–water partition coefficient (Wildman–Crippen LogP) is 1.59. The second kappa shape index (κ2) is 6.16. The molecule has 9 nitrogen and oxygen atoms in total. The van der Waals surface area contributed by atoms with Gasteiger partial charge in [-0.1, -0.05) is 11.6 Å². The van der Waals surface area contributed by atoms with Crippen LogP contribution in [-0.2, 0) is 7.05 Å². The second-order valence-corrected chi connectivity index (χ2v) is 6.11. The number of rotatable bonds is 3. The Morgan fingerprint density at radius 2 is 1.92 bits per heavy atom. The monoisotopic (exact) mass is 351 g/mol. The third-order valence-corrected chi connectivity index (χ3v) is 4.33. The Hall–Kier alpha value is -2.55. The number of piperazine rings is 1. The van der Waals surface area contributed by atoms with Crippen molar-refractivity contribution in [3.63, 3.8) is 0 Å². The Kier molecular flexibility index (Phi) is 4.18. The van der Waals surface area contributed by atoms with Crippen LogP contribution in [0.4, 0.5) is 23.0 Å². The molecule has 3 heterocycles. The van der Waals surface area contributed by atoms with Gasteiger partial charge in [0, 0.05) is 45.5 Å². The van der Waals surface area contributed by atoms with Gasteiger partial charge in [-0.3, -0.25) is 14.8 Å². The maximum Gasteiger partial charge on any atom is 0.313 e. The average molecular weight is 352 g/mol. The summed E-state index contributed by atoms with van der Waals surface area (Å²) >= 11 is 5.82. The highest BCUT2D eigenvalue weighted by Gasteiger charge is 2.27. The number of hydrogen-bond acceptors (Lipinski definition) is 7. The molecule has 0 atom stereocenters. The highest BCUT2D eigenvalue weighted by atomic mass is 35.5. The molecule has 2 aromatic rings. The van der Waals surface area contributed by atoms with Crippen LogP contribution >= 0.6 is 11.6 Å². The Morgan fingerprint density at radius 1 is 1.29 bits per heavy atom. The summed E-state index contributed by atoms with van der Waals surface area (Å²) in [5.41, 5.74) is 7.49. The third kappa shape index (κ3) is 2.82. The standard InChI is InChI=1S/C14H18ClN7O2/c1-9-12(16)14(19(2)18-9)21-5-3-20(4-6-21)13-11(22(23)24)7-10(15)8-17-13/h7-8H,3-6,16H2,1-2H3. The summed E-state index contributed by atoms with van der Waals surface area (Å²) < 4.78 is 1.77. The number of hydrogen-bond donors (Lipinski definition) is 1. The van der Waals surface area contributed by atoms with Crippen molar-refractivity contribution in [3.05, 3.63) is 33.1 Å². The molecule has 2 N–H and O–H groups in total. The van der Waals surface area contributed by atoms with Crippen molar-refractivity contribution in [3.8, 4) is 0 Å². The first-order valence-electron chi connectivity index (χ1n) is 7.47. The van der Waals surface area contributed by atoms with E-state index in [-0.39, 0.29) is 10.7 Å². The largest absolute Gasteiger partial charge is 0.394 e. The van der Waals surface area contributed by atoms with Gasteiger partial charge in [-0.05, 0) is 6.92 Å². The van der Waals surface area contributed by atoms with Gasteiger partial charge in [-0.15, -0.1) is 0 Å². The molecule has 1 saturated heterocycles. The highest BCUT2D eigenvalue weighted by molar-refractivity contribution is 6.30. The van der Waals surface area contributed by atoms with Crippen molar-refractivity contribution in [1.29, 1.82) is 0 Å². The predicted molar refractivity (Wildman–Crippen MR) is 92.7 cm³/mol. The van der Waals surface area contributed by atoms with E-state index in [0.717, 1.165) is 11.5 Å². The summed E-state index contributed by atoms with van der Waals surface area (Å²) in [7, 11) is 1.86. The fourth-order valence-corrected chi connectivity index (χ4v) is 3.12. The molecule has 0 spiro atoms. The van der Waals surface area contributed by atoms with Crippen LogP contribution in [-0.4, -0.2) is 45.9 Å². The Labute approximate surface area is 143 Å². The second-order valence-electron chi connectivity index (χ2n) is 5.67. The molecule has 1 fully saturated rings. The van der Waals surface area contributed by atoms with Crippen molar-refractivity contribution in [2.45, 2.75) is 6.92 Å². The van der Waals surface area contributed by atoms with E-state index in [2.05, 4.69) is 15.0 Å². The summed E-state index contributed by atoms with van der Waals surface area (Å²) in [6, 6.07) is 1.33. The summed E-state index contributed by atoms with van der Waals surface area (Å²) in [6.45, 7) is 4.41. The fraction of sp³-hybridized carbons (Fsp3) is 0.429. The van der Waals surface area contributed by atoms with Gasteiger partial charge in [-0.25, -0.2) is 4.98 Å². The first-order valence-corrected chi connectivity index (χ1v) is 7.85. The summed E-state index contributed by atoms with van der Waals surface area (Å²) in [5.74, 6) is 1.23. The molecule has 1 aliphatic rings. The number of nitro groups is 1. The highest BCUT2D eigenvalue weighted by Crippen LogP contribution is 2.31. The van der Waals surface area contributed by atoms with Gasteiger partial charge < -0.3 is 15.5 Å². The minimum atomic E-state index is -0.455. The van der Waals surface area contributed by atoms with E-state index in [0.29, 0.717) is 37.7 Å².